The van der Waals surface area contributed by atoms with E-state index in [1.165, 1.54) is 35.2 Å². The molecule has 0 atom stereocenters. The number of benzene rings is 3. The summed E-state index contributed by atoms with van der Waals surface area (Å²) in [5.41, 5.74) is 2.13. The van der Waals surface area contributed by atoms with Crippen molar-refractivity contribution in [1.82, 2.24) is 24.7 Å². The topological polar surface area (TPSA) is 94.8 Å². The summed E-state index contributed by atoms with van der Waals surface area (Å²) in [5.74, 6) is 0.698. The number of halogens is 1. The molecule has 3 heterocycles. The lowest BCUT2D eigenvalue weighted by molar-refractivity contribution is -0.113. The lowest BCUT2D eigenvalue weighted by Gasteiger charge is -2.12. The number of para-hydroxylation sites is 2. The number of carbonyl (C=O) groups is 1. The van der Waals surface area contributed by atoms with Gasteiger partial charge in [-0.3, -0.25) is 14.3 Å². The van der Waals surface area contributed by atoms with E-state index in [2.05, 4.69) is 25.5 Å². The molecule has 0 aliphatic heterocycles. The zero-order chi connectivity index (χ0) is 25.9. The molecule has 11 heteroatoms. The molecule has 6 rings (SSSR count). The number of nitrogens with one attached hydrogen (secondary N) is 1. The molecule has 3 aromatic carbocycles. The summed E-state index contributed by atoms with van der Waals surface area (Å²) in [6.45, 7) is 0.159. The van der Waals surface area contributed by atoms with E-state index in [9.17, 15) is 9.18 Å². The summed E-state index contributed by atoms with van der Waals surface area (Å²) >= 11 is 2.54. The molecule has 0 saturated carbocycles. The third-order valence-electron chi connectivity index (χ3n) is 5.60. The van der Waals surface area contributed by atoms with Crippen molar-refractivity contribution in [3.05, 3.63) is 96.7 Å². The van der Waals surface area contributed by atoms with Gasteiger partial charge in [-0.25, -0.2) is 9.37 Å². The lowest BCUT2D eigenvalue weighted by Crippen LogP contribution is -2.14. The Balaban J connectivity index is 1.20. The van der Waals surface area contributed by atoms with Crippen LogP contribution in [-0.2, 0) is 11.4 Å². The Hall–Kier alpha value is -4.35. The molecule has 0 unspecified atom stereocenters. The van der Waals surface area contributed by atoms with Gasteiger partial charge < -0.3 is 10.1 Å². The Labute approximate surface area is 224 Å². The number of thioether (sulfide) groups is 1. The molecule has 0 fully saturated rings. The van der Waals surface area contributed by atoms with Gasteiger partial charge in [0.15, 0.2) is 16.1 Å². The standard InChI is InChI=1S/C27H19FN6O2S2/c28-18-11-12-22-20(14-18)30-26(38-22)31-24(35)16-37-27-33-32-23(34(27)19-8-2-1-3-9-19)15-36-21-10-4-6-17-7-5-13-29-25(17)21/h1-14H,15-16H2,(H,30,31,35). The van der Waals surface area contributed by atoms with Gasteiger partial charge in [-0.05, 0) is 36.4 Å². The second kappa shape index (κ2) is 10.6. The smallest absolute Gasteiger partial charge is 0.236 e. The summed E-state index contributed by atoms with van der Waals surface area (Å²) in [6.07, 6.45) is 1.73. The number of thiazole rings is 1. The molecule has 0 saturated heterocycles. The summed E-state index contributed by atoms with van der Waals surface area (Å²) in [7, 11) is 0. The minimum atomic E-state index is -0.368. The highest BCUT2D eigenvalue weighted by Gasteiger charge is 2.18. The first kappa shape index (κ1) is 24.0. The number of fused-ring (bicyclic) bond motifs is 2. The Kier molecular flexibility index (Phi) is 6.67. The maximum absolute atomic E-state index is 13.5. The molecule has 0 bridgehead atoms. The number of pyridine rings is 1. The van der Waals surface area contributed by atoms with Crippen molar-refractivity contribution in [3.63, 3.8) is 0 Å². The van der Waals surface area contributed by atoms with Gasteiger partial charge in [0, 0.05) is 23.3 Å². The molecular weight excluding hydrogens is 523 g/mol. The van der Waals surface area contributed by atoms with Crippen molar-refractivity contribution in [3.8, 4) is 11.4 Å². The predicted octanol–water partition coefficient (Wildman–Crippen LogP) is 5.87. The van der Waals surface area contributed by atoms with Crippen LogP contribution in [0.1, 0.15) is 5.82 Å². The van der Waals surface area contributed by atoms with Crippen molar-refractivity contribution < 1.29 is 13.9 Å². The minimum absolute atomic E-state index is 0.0867. The molecule has 1 N–H and O–H groups in total. The number of anilines is 1. The van der Waals surface area contributed by atoms with Crippen LogP contribution in [0.5, 0.6) is 5.75 Å². The van der Waals surface area contributed by atoms with Gasteiger partial charge >= 0.3 is 0 Å². The van der Waals surface area contributed by atoms with E-state index >= 15 is 0 Å². The third-order valence-corrected chi connectivity index (χ3v) is 7.48. The SMILES string of the molecule is O=C(CSc1nnc(COc2cccc3cccnc23)n1-c1ccccc1)Nc1nc2cc(F)ccc2s1. The average molecular weight is 543 g/mol. The number of ether oxygens (including phenoxy) is 1. The van der Waals surface area contributed by atoms with E-state index < -0.39 is 0 Å². The van der Waals surface area contributed by atoms with E-state index in [1.54, 1.807) is 12.3 Å². The zero-order valence-electron chi connectivity index (χ0n) is 19.7. The van der Waals surface area contributed by atoms with Crippen LogP contribution in [-0.4, -0.2) is 36.4 Å². The molecule has 6 aromatic rings. The molecular formula is C27H19FN6O2S2. The Morgan fingerprint density at radius 2 is 1.89 bits per heavy atom. The fourth-order valence-corrected chi connectivity index (χ4v) is 5.53. The molecule has 8 nitrogen and oxygen atoms in total. The van der Waals surface area contributed by atoms with Crippen LogP contribution in [0.2, 0.25) is 0 Å². The van der Waals surface area contributed by atoms with Gasteiger partial charge in [-0.2, -0.15) is 0 Å². The zero-order valence-corrected chi connectivity index (χ0v) is 21.4. The monoisotopic (exact) mass is 542 g/mol. The van der Waals surface area contributed by atoms with Crippen molar-refractivity contribution >= 4 is 55.3 Å². The number of nitrogens with zero attached hydrogens (tertiary/aromatic N) is 5. The highest BCUT2D eigenvalue weighted by Crippen LogP contribution is 2.28. The quantitative estimate of drug-likeness (QED) is 0.240. The number of aromatic nitrogens is 5. The summed E-state index contributed by atoms with van der Waals surface area (Å²) in [6, 6.07) is 23.6. The van der Waals surface area contributed by atoms with E-state index in [4.69, 9.17) is 4.74 Å². The highest BCUT2D eigenvalue weighted by atomic mass is 32.2. The van der Waals surface area contributed by atoms with Gasteiger partial charge in [-0.15, -0.1) is 10.2 Å². The maximum atomic E-state index is 13.5. The number of hydrogen-bond acceptors (Lipinski definition) is 8. The first-order valence-corrected chi connectivity index (χ1v) is 13.4. The molecule has 0 aliphatic carbocycles. The Morgan fingerprint density at radius 1 is 1.03 bits per heavy atom. The fraction of sp³-hybridized carbons (Fsp3) is 0.0741. The van der Waals surface area contributed by atoms with E-state index in [0.29, 0.717) is 27.4 Å². The van der Waals surface area contributed by atoms with Gasteiger partial charge in [-0.1, -0.05) is 59.5 Å². The van der Waals surface area contributed by atoms with Crippen LogP contribution < -0.4 is 10.1 Å². The number of hydrogen-bond donors (Lipinski definition) is 1. The van der Waals surface area contributed by atoms with Crippen LogP contribution in [0.15, 0.2) is 90.2 Å². The summed E-state index contributed by atoms with van der Waals surface area (Å²) in [4.78, 5) is 21.4. The van der Waals surface area contributed by atoms with E-state index in [-0.39, 0.29) is 24.1 Å². The van der Waals surface area contributed by atoms with E-state index in [0.717, 1.165) is 21.3 Å². The van der Waals surface area contributed by atoms with Gasteiger partial charge in [0.1, 0.15) is 23.7 Å². The van der Waals surface area contributed by atoms with Crippen LogP contribution in [0.4, 0.5) is 9.52 Å². The van der Waals surface area contributed by atoms with Crippen molar-refractivity contribution in [2.24, 2.45) is 0 Å². The lowest BCUT2D eigenvalue weighted by atomic mass is 10.2. The highest BCUT2D eigenvalue weighted by molar-refractivity contribution is 7.99. The molecule has 0 aliphatic rings. The molecule has 0 radical (unpaired) electrons. The number of carbonyl (C=O) groups excluding carboxylic acids is 1. The van der Waals surface area contributed by atoms with E-state index in [1.807, 2.05) is 65.2 Å². The summed E-state index contributed by atoms with van der Waals surface area (Å²) < 4.78 is 22.2. The average Bonchev–Trinajstić information content (AvgIpc) is 3.54. The first-order valence-electron chi connectivity index (χ1n) is 11.6. The van der Waals surface area contributed by atoms with Gasteiger partial charge in [0.25, 0.3) is 0 Å². The van der Waals surface area contributed by atoms with Crippen LogP contribution in [0.25, 0.3) is 26.8 Å². The maximum Gasteiger partial charge on any atom is 0.236 e. The molecule has 0 spiro atoms. The number of amides is 1. The Bertz CT molecular complexity index is 1750. The minimum Gasteiger partial charge on any atom is -0.483 e. The van der Waals surface area contributed by atoms with Crippen LogP contribution in [0.3, 0.4) is 0 Å². The first-order chi connectivity index (χ1) is 18.6. The second-order valence-electron chi connectivity index (χ2n) is 8.16. The molecule has 3 aromatic heterocycles. The normalized spacial score (nSPS) is 11.2. The van der Waals surface area contributed by atoms with Crippen LogP contribution in [0, 0.1) is 5.82 Å². The van der Waals surface area contributed by atoms with Crippen LogP contribution >= 0.6 is 23.1 Å². The van der Waals surface area contributed by atoms with Gasteiger partial charge in [0.2, 0.25) is 5.91 Å². The van der Waals surface area contributed by atoms with Crippen molar-refractivity contribution in [2.75, 3.05) is 11.1 Å². The molecule has 188 valence electrons. The summed E-state index contributed by atoms with van der Waals surface area (Å²) in [5, 5.41) is 13.4. The Morgan fingerprint density at radius 3 is 2.79 bits per heavy atom. The largest absolute Gasteiger partial charge is 0.483 e. The fourth-order valence-electron chi connectivity index (χ4n) is 3.90. The predicted molar refractivity (Wildman–Crippen MR) is 146 cm³/mol. The van der Waals surface area contributed by atoms with Crippen molar-refractivity contribution in [1.29, 1.82) is 0 Å². The second-order valence-corrected chi connectivity index (χ2v) is 10.1. The number of rotatable bonds is 8. The molecule has 38 heavy (non-hydrogen) atoms. The van der Waals surface area contributed by atoms with Gasteiger partial charge in [0.05, 0.1) is 16.0 Å². The van der Waals surface area contributed by atoms with Crippen molar-refractivity contribution in [2.45, 2.75) is 11.8 Å². The third kappa shape index (κ3) is 5.06. The molecule has 1 amide bonds.